The molecule has 22 heavy (non-hydrogen) atoms. The van der Waals surface area contributed by atoms with Gasteiger partial charge in [0.15, 0.2) is 0 Å². The van der Waals surface area contributed by atoms with Crippen molar-refractivity contribution in [1.29, 1.82) is 0 Å². The van der Waals surface area contributed by atoms with E-state index in [-0.39, 0.29) is 5.56 Å². The molecule has 0 saturated heterocycles. The monoisotopic (exact) mass is 313 g/mol. The summed E-state index contributed by atoms with van der Waals surface area (Å²) in [6.45, 7) is 5.80. The van der Waals surface area contributed by atoms with Gasteiger partial charge in [0, 0.05) is 10.6 Å². The second-order valence-electron chi connectivity index (χ2n) is 4.66. The average Bonchev–Trinajstić information content (AvgIpc) is 2.50. The average molecular weight is 314 g/mol. The molecule has 112 valence electrons. The van der Waals surface area contributed by atoms with Gasteiger partial charge < -0.3 is 5.73 Å². The number of benzene rings is 1. The molecule has 5 heteroatoms. The molecule has 1 aromatic carbocycles. The van der Waals surface area contributed by atoms with Crippen LogP contribution in [-0.4, -0.2) is 10.2 Å². The lowest BCUT2D eigenvalue weighted by atomic mass is 9.95. The second kappa shape index (κ2) is 6.91. The molecule has 0 aliphatic heterocycles. The van der Waals surface area contributed by atoms with E-state index in [2.05, 4.69) is 16.8 Å². The van der Waals surface area contributed by atoms with Crippen LogP contribution in [0, 0.1) is 6.92 Å². The second-order valence-corrected chi connectivity index (χ2v) is 5.10. The molecule has 1 heterocycles. The van der Waals surface area contributed by atoms with Crippen molar-refractivity contribution in [3.8, 4) is 11.1 Å². The molecule has 4 nitrogen and oxygen atoms in total. The number of allylic oxidation sites excluding steroid dienone is 4. The molecule has 0 amide bonds. The van der Waals surface area contributed by atoms with Crippen LogP contribution in [0.4, 0.5) is 0 Å². The normalized spacial score (nSPS) is 11.4. The first kappa shape index (κ1) is 15.8. The van der Waals surface area contributed by atoms with Gasteiger partial charge in [-0.1, -0.05) is 42.5 Å². The summed E-state index contributed by atoms with van der Waals surface area (Å²) in [6.07, 6.45) is 6.53. The van der Waals surface area contributed by atoms with Crippen LogP contribution in [0.1, 0.15) is 11.3 Å². The minimum atomic E-state index is -0.290. The number of aryl methyl sites for hydroxylation is 1. The largest absolute Gasteiger partial charge is 0.405 e. The molecular formula is C17H16ClN3O. The van der Waals surface area contributed by atoms with Gasteiger partial charge in [0.1, 0.15) is 0 Å². The Morgan fingerprint density at radius 1 is 1.32 bits per heavy atom. The van der Waals surface area contributed by atoms with Crippen LogP contribution in [0.2, 0.25) is 5.02 Å². The van der Waals surface area contributed by atoms with E-state index in [0.29, 0.717) is 21.9 Å². The number of H-pyrrole nitrogens is 1. The summed E-state index contributed by atoms with van der Waals surface area (Å²) < 4.78 is 0. The lowest BCUT2D eigenvalue weighted by Gasteiger charge is -2.11. The number of rotatable bonds is 4. The Morgan fingerprint density at radius 2 is 2.00 bits per heavy atom. The SMILES string of the molecule is C=C(/C=C\C=C/N)c1c(-c2ccc(Cl)cc2)c(C)n[nH]c1=O. The standard InChI is InChI=1S/C17H16ClN3O/c1-11(5-3-4-10-19)15-16(12(2)20-21-17(15)22)13-6-8-14(18)9-7-13/h3-10H,1,19H2,2H3,(H,21,22)/b5-3-,10-4-. The lowest BCUT2D eigenvalue weighted by Crippen LogP contribution is -2.16. The van der Waals surface area contributed by atoms with E-state index >= 15 is 0 Å². The van der Waals surface area contributed by atoms with Crippen LogP contribution in [0.25, 0.3) is 16.7 Å². The Hall–Kier alpha value is -2.59. The van der Waals surface area contributed by atoms with Crippen molar-refractivity contribution < 1.29 is 0 Å². The topological polar surface area (TPSA) is 71.8 Å². The zero-order valence-electron chi connectivity index (χ0n) is 12.1. The Morgan fingerprint density at radius 3 is 2.64 bits per heavy atom. The van der Waals surface area contributed by atoms with Gasteiger partial charge in [0.2, 0.25) is 0 Å². The predicted octanol–water partition coefficient (Wildman–Crippen LogP) is 3.44. The number of hydrogen-bond acceptors (Lipinski definition) is 3. The zero-order valence-corrected chi connectivity index (χ0v) is 12.9. The number of aromatic amines is 1. The number of nitrogens with zero attached hydrogens (tertiary/aromatic N) is 1. The third kappa shape index (κ3) is 3.35. The molecule has 0 saturated carbocycles. The van der Waals surface area contributed by atoms with Gasteiger partial charge in [0.25, 0.3) is 5.56 Å². The summed E-state index contributed by atoms with van der Waals surface area (Å²) in [5, 5.41) is 7.17. The van der Waals surface area contributed by atoms with Crippen molar-refractivity contribution in [2.45, 2.75) is 6.92 Å². The molecule has 0 aliphatic carbocycles. The minimum absolute atomic E-state index is 0.290. The molecule has 0 bridgehead atoms. The summed E-state index contributed by atoms with van der Waals surface area (Å²) in [7, 11) is 0. The van der Waals surface area contributed by atoms with Gasteiger partial charge in [-0.3, -0.25) is 4.79 Å². The zero-order chi connectivity index (χ0) is 16.1. The fourth-order valence-electron chi connectivity index (χ4n) is 2.14. The molecule has 2 rings (SSSR count). The number of nitrogens with two attached hydrogens (primary N) is 1. The molecular weight excluding hydrogens is 298 g/mol. The molecule has 2 aromatic rings. The fourth-order valence-corrected chi connectivity index (χ4v) is 2.26. The quantitative estimate of drug-likeness (QED) is 0.849. The van der Waals surface area contributed by atoms with Crippen molar-refractivity contribution in [2.75, 3.05) is 0 Å². The molecule has 0 unspecified atom stereocenters. The maximum absolute atomic E-state index is 12.2. The van der Waals surface area contributed by atoms with Gasteiger partial charge >= 0.3 is 0 Å². The van der Waals surface area contributed by atoms with Crippen molar-refractivity contribution in [2.24, 2.45) is 5.73 Å². The third-order valence-electron chi connectivity index (χ3n) is 3.14. The smallest absolute Gasteiger partial charge is 0.272 e. The van der Waals surface area contributed by atoms with E-state index in [1.165, 1.54) is 6.20 Å². The first-order chi connectivity index (χ1) is 10.5. The first-order valence-electron chi connectivity index (χ1n) is 6.64. The predicted molar refractivity (Wildman–Crippen MR) is 91.5 cm³/mol. The van der Waals surface area contributed by atoms with E-state index in [1.54, 1.807) is 30.4 Å². The number of nitrogens with one attached hydrogen (secondary N) is 1. The van der Waals surface area contributed by atoms with E-state index in [4.69, 9.17) is 17.3 Å². The highest BCUT2D eigenvalue weighted by atomic mass is 35.5. The van der Waals surface area contributed by atoms with Crippen LogP contribution in [-0.2, 0) is 0 Å². The Bertz CT molecular complexity index is 802. The Balaban J connectivity index is 2.63. The maximum Gasteiger partial charge on any atom is 0.272 e. The highest BCUT2D eigenvalue weighted by molar-refractivity contribution is 6.30. The third-order valence-corrected chi connectivity index (χ3v) is 3.39. The molecule has 0 radical (unpaired) electrons. The van der Waals surface area contributed by atoms with Crippen molar-refractivity contribution in [3.63, 3.8) is 0 Å². The number of hydrogen-bond donors (Lipinski definition) is 2. The van der Waals surface area contributed by atoms with E-state index in [0.717, 1.165) is 11.1 Å². The maximum atomic E-state index is 12.2. The van der Waals surface area contributed by atoms with Gasteiger partial charge in [-0.05, 0) is 42.5 Å². The van der Waals surface area contributed by atoms with Crippen molar-refractivity contribution in [3.05, 3.63) is 81.9 Å². The summed E-state index contributed by atoms with van der Waals surface area (Å²) in [5.74, 6) is 0. The van der Waals surface area contributed by atoms with Gasteiger partial charge in [0.05, 0.1) is 11.3 Å². The summed E-state index contributed by atoms with van der Waals surface area (Å²) in [4.78, 5) is 12.2. The summed E-state index contributed by atoms with van der Waals surface area (Å²) in [6, 6.07) is 7.26. The molecule has 0 fully saturated rings. The van der Waals surface area contributed by atoms with Crippen LogP contribution in [0.15, 0.2) is 60.1 Å². The van der Waals surface area contributed by atoms with Crippen LogP contribution >= 0.6 is 11.6 Å². The highest BCUT2D eigenvalue weighted by Gasteiger charge is 2.15. The van der Waals surface area contributed by atoms with Gasteiger partial charge in [-0.25, -0.2) is 5.10 Å². The molecule has 0 spiro atoms. The lowest BCUT2D eigenvalue weighted by molar-refractivity contribution is 0.943. The number of halogens is 1. The van der Waals surface area contributed by atoms with Crippen molar-refractivity contribution >= 4 is 17.2 Å². The molecule has 0 aliphatic rings. The molecule has 1 aromatic heterocycles. The van der Waals surface area contributed by atoms with Crippen LogP contribution in [0.5, 0.6) is 0 Å². The highest BCUT2D eigenvalue weighted by Crippen LogP contribution is 2.29. The van der Waals surface area contributed by atoms with E-state index in [9.17, 15) is 4.79 Å². The molecule has 0 atom stereocenters. The minimum Gasteiger partial charge on any atom is -0.405 e. The summed E-state index contributed by atoms with van der Waals surface area (Å²) in [5.41, 5.74) is 8.37. The van der Waals surface area contributed by atoms with Gasteiger partial charge in [-0.15, -0.1) is 0 Å². The first-order valence-corrected chi connectivity index (χ1v) is 7.02. The Kier molecular flexibility index (Phi) is 4.96. The number of aromatic nitrogens is 2. The Labute approximate surface area is 133 Å². The van der Waals surface area contributed by atoms with Crippen LogP contribution < -0.4 is 11.3 Å². The van der Waals surface area contributed by atoms with E-state index in [1.807, 2.05) is 19.1 Å². The van der Waals surface area contributed by atoms with E-state index < -0.39 is 0 Å². The summed E-state index contributed by atoms with van der Waals surface area (Å²) >= 11 is 5.93. The van der Waals surface area contributed by atoms with Gasteiger partial charge in [-0.2, -0.15) is 5.10 Å². The van der Waals surface area contributed by atoms with Crippen LogP contribution in [0.3, 0.4) is 0 Å². The fraction of sp³-hybridized carbons (Fsp3) is 0.0588. The van der Waals surface area contributed by atoms with Crippen molar-refractivity contribution in [1.82, 2.24) is 10.2 Å². The molecule has 3 N–H and O–H groups in total.